The molecule has 150 valence electrons. The number of anilines is 1. The van der Waals surface area contributed by atoms with Gasteiger partial charge >= 0.3 is 0 Å². The molecular weight excluding hydrogens is 395 g/mol. The Morgan fingerprint density at radius 2 is 1.76 bits per heavy atom. The number of nitrogens with zero attached hydrogens (tertiary/aromatic N) is 1. The van der Waals surface area contributed by atoms with Crippen molar-refractivity contribution in [2.45, 2.75) is 6.54 Å². The summed E-state index contributed by atoms with van der Waals surface area (Å²) in [7, 11) is -4.01. The summed E-state index contributed by atoms with van der Waals surface area (Å²) >= 11 is 0. The molecule has 1 aromatic heterocycles. The highest BCUT2D eigenvalue weighted by Crippen LogP contribution is 2.20. The first kappa shape index (κ1) is 20.3. The molecule has 0 aliphatic rings. The van der Waals surface area contributed by atoms with E-state index >= 15 is 0 Å². The first-order chi connectivity index (χ1) is 13.9. The van der Waals surface area contributed by atoms with E-state index in [4.69, 9.17) is 4.42 Å². The maximum absolute atomic E-state index is 13.3. The van der Waals surface area contributed by atoms with Crippen LogP contribution in [0.1, 0.15) is 11.3 Å². The fourth-order valence-corrected chi connectivity index (χ4v) is 3.71. The van der Waals surface area contributed by atoms with Gasteiger partial charge in [-0.2, -0.15) is 0 Å². The van der Waals surface area contributed by atoms with Crippen molar-refractivity contribution in [3.8, 4) is 0 Å². The maximum atomic E-state index is 13.3. The van der Waals surface area contributed by atoms with E-state index in [2.05, 4.69) is 5.32 Å². The van der Waals surface area contributed by atoms with Gasteiger partial charge in [0.15, 0.2) is 0 Å². The summed E-state index contributed by atoms with van der Waals surface area (Å²) in [6, 6.07) is 17.2. The lowest BCUT2D eigenvalue weighted by molar-refractivity contribution is -0.119. The number of furan rings is 1. The lowest BCUT2D eigenvalue weighted by Crippen LogP contribution is -2.39. The molecular formula is C21H19FN2O4S. The topological polar surface area (TPSA) is 79.6 Å². The van der Waals surface area contributed by atoms with Gasteiger partial charge in [0.05, 0.1) is 23.9 Å². The molecule has 1 heterocycles. The zero-order valence-corrected chi connectivity index (χ0v) is 16.2. The minimum Gasteiger partial charge on any atom is -0.467 e. The Bertz CT molecular complexity index is 1060. The first-order valence-electron chi connectivity index (χ1n) is 8.74. The third-order valence-electron chi connectivity index (χ3n) is 3.98. The zero-order chi connectivity index (χ0) is 20.7. The van der Waals surface area contributed by atoms with Crippen LogP contribution >= 0.6 is 0 Å². The minimum atomic E-state index is -4.01. The zero-order valence-electron chi connectivity index (χ0n) is 15.4. The first-order valence-corrected chi connectivity index (χ1v) is 10.2. The van der Waals surface area contributed by atoms with Gasteiger partial charge in [-0.15, -0.1) is 0 Å². The van der Waals surface area contributed by atoms with Gasteiger partial charge in [0.1, 0.15) is 18.1 Å². The van der Waals surface area contributed by atoms with Crippen molar-refractivity contribution in [2.24, 2.45) is 0 Å². The third-order valence-corrected chi connectivity index (χ3v) is 5.42. The molecule has 0 bridgehead atoms. The summed E-state index contributed by atoms with van der Waals surface area (Å²) in [6.45, 7) is -0.337. The Hall–Kier alpha value is -3.39. The average molecular weight is 414 g/mol. The van der Waals surface area contributed by atoms with Crippen LogP contribution in [-0.4, -0.2) is 20.9 Å². The number of sulfonamides is 1. The van der Waals surface area contributed by atoms with Crippen LogP contribution < -0.4 is 9.62 Å². The maximum Gasteiger partial charge on any atom is 0.257 e. The van der Waals surface area contributed by atoms with Crippen LogP contribution in [0, 0.1) is 5.82 Å². The van der Waals surface area contributed by atoms with Crippen LogP contribution in [-0.2, 0) is 21.4 Å². The Morgan fingerprint density at radius 1 is 1.03 bits per heavy atom. The Morgan fingerprint density at radius 3 is 2.41 bits per heavy atom. The van der Waals surface area contributed by atoms with Gasteiger partial charge in [-0.3, -0.25) is 9.10 Å². The second kappa shape index (κ2) is 9.20. The van der Waals surface area contributed by atoms with Crippen molar-refractivity contribution < 1.29 is 22.0 Å². The SMILES string of the molecule is O=C(CN(c1ccc(F)cc1)S(=O)(=O)C=Cc1ccccc1)NCc1ccco1. The minimum absolute atomic E-state index is 0.128. The molecule has 1 N–H and O–H groups in total. The number of carbonyl (C=O) groups is 1. The van der Waals surface area contributed by atoms with Crippen molar-refractivity contribution >= 4 is 27.7 Å². The van der Waals surface area contributed by atoms with Crippen LogP contribution in [0.4, 0.5) is 10.1 Å². The number of rotatable bonds is 8. The second-order valence-corrected chi connectivity index (χ2v) is 7.84. The number of hydrogen-bond acceptors (Lipinski definition) is 4. The van der Waals surface area contributed by atoms with Gasteiger partial charge < -0.3 is 9.73 Å². The van der Waals surface area contributed by atoms with E-state index in [0.717, 1.165) is 21.8 Å². The number of amides is 1. The normalized spacial score (nSPS) is 11.5. The predicted octanol–water partition coefficient (Wildman–Crippen LogP) is 3.54. The van der Waals surface area contributed by atoms with Crippen LogP contribution in [0.5, 0.6) is 0 Å². The largest absolute Gasteiger partial charge is 0.467 e. The van der Waals surface area contributed by atoms with Crippen LogP contribution in [0.15, 0.2) is 82.8 Å². The van der Waals surface area contributed by atoms with E-state index in [1.54, 1.807) is 36.4 Å². The lowest BCUT2D eigenvalue weighted by Gasteiger charge is -2.22. The van der Waals surface area contributed by atoms with Crippen molar-refractivity contribution in [1.82, 2.24) is 5.32 Å². The van der Waals surface area contributed by atoms with Gasteiger partial charge in [0.2, 0.25) is 5.91 Å². The molecule has 1 amide bonds. The molecule has 0 saturated carbocycles. The molecule has 3 rings (SSSR count). The standard InChI is InChI=1S/C21H19FN2O4S/c22-18-8-10-19(11-9-18)24(16-21(25)23-15-20-7-4-13-28-20)29(26,27)14-12-17-5-2-1-3-6-17/h1-14H,15-16H2,(H,23,25). The molecule has 0 spiro atoms. The van der Waals surface area contributed by atoms with E-state index in [1.165, 1.54) is 24.5 Å². The highest BCUT2D eigenvalue weighted by Gasteiger charge is 2.23. The van der Waals surface area contributed by atoms with Gasteiger partial charge in [-0.1, -0.05) is 30.3 Å². The molecule has 0 atom stereocenters. The van der Waals surface area contributed by atoms with Crippen molar-refractivity contribution in [3.63, 3.8) is 0 Å². The highest BCUT2D eigenvalue weighted by atomic mass is 32.2. The highest BCUT2D eigenvalue weighted by molar-refractivity contribution is 7.95. The number of hydrogen-bond donors (Lipinski definition) is 1. The number of halogens is 1. The molecule has 0 aliphatic heterocycles. The van der Waals surface area contributed by atoms with Gasteiger partial charge in [-0.05, 0) is 48.0 Å². The monoisotopic (exact) mass is 414 g/mol. The molecule has 0 unspecified atom stereocenters. The fourth-order valence-electron chi connectivity index (χ4n) is 2.52. The third kappa shape index (κ3) is 5.79. The van der Waals surface area contributed by atoms with Crippen LogP contribution in [0.25, 0.3) is 6.08 Å². The predicted molar refractivity (Wildman–Crippen MR) is 109 cm³/mol. The van der Waals surface area contributed by atoms with E-state index < -0.39 is 28.3 Å². The fraction of sp³-hybridized carbons (Fsp3) is 0.0952. The van der Waals surface area contributed by atoms with E-state index in [9.17, 15) is 17.6 Å². The lowest BCUT2D eigenvalue weighted by atomic mass is 10.2. The molecule has 29 heavy (non-hydrogen) atoms. The van der Waals surface area contributed by atoms with Gasteiger partial charge in [0, 0.05) is 0 Å². The van der Waals surface area contributed by atoms with E-state index in [-0.39, 0.29) is 12.2 Å². The number of carbonyl (C=O) groups excluding carboxylic acids is 1. The smallest absolute Gasteiger partial charge is 0.257 e. The van der Waals surface area contributed by atoms with Crippen LogP contribution in [0.2, 0.25) is 0 Å². The Balaban J connectivity index is 1.81. The summed E-state index contributed by atoms with van der Waals surface area (Å²) in [5.74, 6) is -0.492. The second-order valence-electron chi connectivity index (χ2n) is 6.10. The number of nitrogens with one attached hydrogen (secondary N) is 1. The molecule has 0 aliphatic carbocycles. The molecule has 2 aromatic carbocycles. The average Bonchev–Trinajstić information content (AvgIpc) is 3.24. The molecule has 0 radical (unpaired) electrons. The summed E-state index contributed by atoms with van der Waals surface area (Å²) in [4.78, 5) is 12.4. The van der Waals surface area contributed by atoms with Crippen LogP contribution in [0.3, 0.4) is 0 Å². The van der Waals surface area contributed by atoms with Crippen molar-refractivity contribution in [3.05, 3.63) is 95.5 Å². The summed E-state index contributed by atoms with van der Waals surface area (Å²) < 4.78 is 45.2. The summed E-state index contributed by atoms with van der Waals surface area (Å²) in [5.41, 5.74) is 0.870. The van der Waals surface area contributed by atoms with Gasteiger partial charge in [-0.25, -0.2) is 12.8 Å². The van der Waals surface area contributed by atoms with Gasteiger partial charge in [0.25, 0.3) is 10.0 Å². The number of benzene rings is 2. The van der Waals surface area contributed by atoms with E-state index in [1.807, 2.05) is 6.07 Å². The molecule has 3 aromatic rings. The summed E-state index contributed by atoms with van der Waals surface area (Å²) in [6.07, 6.45) is 2.91. The van der Waals surface area contributed by atoms with Crippen molar-refractivity contribution in [2.75, 3.05) is 10.8 Å². The molecule has 8 heteroatoms. The molecule has 6 nitrogen and oxygen atoms in total. The Labute approximate surface area is 168 Å². The quantitative estimate of drug-likeness (QED) is 0.611. The molecule has 0 fully saturated rings. The Kier molecular flexibility index (Phi) is 6.46. The molecule has 0 saturated heterocycles. The van der Waals surface area contributed by atoms with E-state index in [0.29, 0.717) is 11.3 Å². The summed E-state index contributed by atoms with van der Waals surface area (Å²) in [5, 5.41) is 3.62. The van der Waals surface area contributed by atoms with Crippen molar-refractivity contribution in [1.29, 1.82) is 0 Å².